The zero-order chi connectivity index (χ0) is 14.3. The normalized spacial score (nSPS) is 11.8. The summed E-state index contributed by atoms with van der Waals surface area (Å²) in [5.41, 5.74) is 1.16. The molecule has 0 aromatic heterocycles. The van der Waals surface area contributed by atoms with E-state index in [9.17, 15) is 0 Å². The van der Waals surface area contributed by atoms with E-state index in [2.05, 4.69) is 11.4 Å². The molecule has 106 valence electrons. The average Bonchev–Trinajstić information content (AvgIpc) is 2.39. The van der Waals surface area contributed by atoms with Crippen molar-refractivity contribution in [3.8, 4) is 5.75 Å². The summed E-state index contributed by atoms with van der Waals surface area (Å²) in [6, 6.07) is 8.18. The van der Waals surface area contributed by atoms with Crippen LogP contribution in [0.4, 0.5) is 0 Å². The van der Waals surface area contributed by atoms with Crippen LogP contribution < -0.4 is 10.1 Å². The molecule has 1 atom stereocenters. The van der Waals surface area contributed by atoms with E-state index >= 15 is 0 Å². The Kier molecular flexibility index (Phi) is 6.59. The third-order valence-corrected chi connectivity index (χ3v) is 3.12. The molecule has 0 aliphatic rings. The molecule has 0 heterocycles. The van der Waals surface area contributed by atoms with Crippen LogP contribution >= 0.6 is 12.2 Å². The Labute approximate surface area is 120 Å². The summed E-state index contributed by atoms with van der Waals surface area (Å²) in [7, 11) is 5.32. The molecule has 0 fully saturated rings. The van der Waals surface area contributed by atoms with Crippen LogP contribution in [0.25, 0.3) is 0 Å². The van der Waals surface area contributed by atoms with Crippen LogP contribution in [-0.4, -0.2) is 43.9 Å². The lowest BCUT2D eigenvalue weighted by Crippen LogP contribution is -2.43. The number of thiocarbonyl (C=S) groups is 1. The van der Waals surface area contributed by atoms with Crippen molar-refractivity contribution in [3.63, 3.8) is 0 Å². The van der Waals surface area contributed by atoms with Gasteiger partial charge in [0.1, 0.15) is 5.75 Å². The fraction of sp³-hybridized carbons (Fsp3) is 0.500. The molecule has 1 unspecified atom stereocenters. The zero-order valence-electron chi connectivity index (χ0n) is 12.0. The van der Waals surface area contributed by atoms with Gasteiger partial charge < -0.3 is 19.7 Å². The molecule has 4 nitrogen and oxygen atoms in total. The average molecular weight is 282 g/mol. The molecular weight excluding hydrogens is 260 g/mol. The van der Waals surface area contributed by atoms with Crippen LogP contribution in [0, 0.1) is 0 Å². The smallest absolute Gasteiger partial charge is 0.169 e. The number of hydrogen-bond acceptors (Lipinski definition) is 3. The highest BCUT2D eigenvalue weighted by Crippen LogP contribution is 2.13. The summed E-state index contributed by atoms with van der Waals surface area (Å²) in [5.74, 6) is 0.859. The number of nitrogens with one attached hydrogen (secondary N) is 1. The first-order chi connectivity index (χ1) is 9.06. The highest BCUT2D eigenvalue weighted by molar-refractivity contribution is 7.80. The first-order valence-electron chi connectivity index (χ1n) is 6.20. The van der Waals surface area contributed by atoms with Crippen LogP contribution in [0.3, 0.4) is 0 Å². The van der Waals surface area contributed by atoms with Crippen molar-refractivity contribution in [2.75, 3.05) is 27.9 Å². The fourth-order valence-electron chi connectivity index (χ4n) is 1.73. The Balaban J connectivity index is 2.53. The maximum absolute atomic E-state index is 5.36. The molecule has 0 spiro atoms. The molecule has 0 aliphatic heterocycles. The summed E-state index contributed by atoms with van der Waals surface area (Å²) < 4.78 is 10.3. The molecule has 0 radical (unpaired) electrons. The van der Waals surface area contributed by atoms with Gasteiger partial charge in [0.15, 0.2) is 5.11 Å². The lowest BCUT2D eigenvalue weighted by Gasteiger charge is -2.24. The lowest BCUT2D eigenvalue weighted by molar-refractivity contribution is 0.178. The molecule has 1 rings (SSSR count). The minimum atomic E-state index is 0.199. The van der Waals surface area contributed by atoms with Crippen molar-refractivity contribution < 1.29 is 9.47 Å². The van der Waals surface area contributed by atoms with Crippen molar-refractivity contribution in [1.82, 2.24) is 10.2 Å². The molecule has 0 aliphatic carbocycles. The first kappa shape index (κ1) is 15.7. The largest absolute Gasteiger partial charge is 0.497 e. The topological polar surface area (TPSA) is 33.7 Å². The molecule has 0 bridgehead atoms. The zero-order valence-corrected chi connectivity index (χ0v) is 12.8. The number of ether oxygens (including phenoxy) is 2. The maximum Gasteiger partial charge on any atom is 0.169 e. The van der Waals surface area contributed by atoms with E-state index in [0.29, 0.717) is 11.7 Å². The number of nitrogens with zero attached hydrogens (tertiary/aromatic N) is 1. The summed E-state index contributed by atoms with van der Waals surface area (Å²) in [6.45, 7) is 3.41. The number of benzene rings is 1. The molecule has 0 amide bonds. The molecule has 19 heavy (non-hydrogen) atoms. The van der Waals surface area contributed by atoms with Gasteiger partial charge in [-0.25, -0.2) is 0 Å². The van der Waals surface area contributed by atoms with E-state index in [1.54, 1.807) is 14.2 Å². The Morgan fingerprint density at radius 2 is 2.16 bits per heavy atom. The minimum Gasteiger partial charge on any atom is -0.497 e. The van der Waals surface area contributed by atoms with E-state index in [4.69, 9.17) is 21.7 Å². The van der Waals surface area contributed by atoms with Crippen molar-refractivity contribution in [2.45, 2.75) is 19.5 Å². The molecule has 5 heteroatoms. The van der Waals surface area contributed by atoms with Gasteiger partial charge in [-0.2, -0.15) is 0 Å². The van der Waals surface area contributed by atoms with Gasteiger partial charge in [0.2, 0.25) is 0 Å². The van der Waals surface area contributed by atoms with Gasteiger partial charge in [-0.15, -0.1) is 0 Å². The van der Waals surface area contributed by atoms with Gasteiger partial charge in [-0.05, 0) is 36.8 Å². The Hall–Kier alpha value is -1.33. The maximum atomic E-state index is 5.36. The van der Waals surface area contributed by atoms with Crippen LogP contribution in [0.5, 0.6) is 5.75 Å². The number of methoxy groups -OCH3 is 2. The second-order valence-corrected chi connectivity index (χ2v) is 4.90. The van der Waals surface area contributed by atoms with Gasteiger partial charge in [0.25, 0.3) is 0 Å². The molecular formula is C14H22N2O2S. The summed E-state index contributed by atoms with van der Waals surface area (Å²) in [6.07, 6.45) is 0. The number of rotatable bonds is 6. The fourth-order valence-corrected chi connectivity index (χ4v) is 1.99. The highest BCUT2D eigenvalue weighted by atomic mass is 32.1. The van der Waals surface area contributed by atoms with Crippen LogP contribution in [0.2, 0.25) is 0 Å². The van der Waals surface area contributed by atoms with Gasteiger partial charge in [-0.3, -0.25) is 0 Å². The summed E-state index contributed by atoms with van der Waals surface area (Å²) in [4.78, 5) is 2.00. The predicted octanol–water partition coefficient (Wildman–Crippen LogP) is 2.04. The van der Waals surface area contributed by atoms with Crippen LogP contribution in [-0.2, 0) is 11.3 Å². The first-order valence-corrected chi connectivity index (χ1v) is 6.61. The van der Waals surface area contributed by atoms with Crippen LogP contribution in [0.1, 0.15) is 12.5 Å². The second kappa shape index (κ2) is 7.96. The van der Waals surface area contributed by atoms with Gasteiger partial charge >= 0.3 is 0 Å². The van der Waals surface area contributed by atoms with E-state index < -0.39 is 0 Å². The van der Waals surface area contributed by atoms with Crippen molar-refractivity contribution >= 4 is 17.3 Å². The highest BCUT2D eigenvalue weighted by Gasteiger charge is 2.09. The molecule has 1 N–H and O–H groups in total. The Morgan fingerprint density at radius 3 is 2.79 bits per heavy atom. The van der Waals surface area contributed by atoms with Crippen LogP contribution in [0.15, 0.2) is 24.3 Å². The summed E-state index contributed by atoms with van der Waals surface area (Å²) in [5, 5.41) is 3.95. The Bertz CT molecular complexity index is 412. The Morgan fingerprint density at radius 1 is 1.42 bits per heavy atom. The van der Waals surface area contributed by atoms with E-state index in [-0.39, 0.29) is 6.04 Å². The summed E-state index contributed by atoms with van der Waals surface area (Å²) >= 11 is 5.36. The second-order valence-electron chi connectivity index (χ2n) is 4.51. The minimum absolute atomic E-state index is 0.199. The molecule has 1 aromatic rings. The quantitative estimate of drug-likeness (QED) is 0.808. The molecule has 0 saturated heterocycles. The van der Waals surface area contributed by atoms with E-state index in [0.717, 1.165) is 17.9 Å². The molecule has 1 aromatic carbocycles. The van der Waals surface area contributed by atoms with Gasteiger partial charge in [-0.1, -0.05) is 12.1 Å². The SMILES string of the molecule is COCC(C)NC(=S)N(C)Cc1cccc(OC)c1. The standard InChI is InChI=1S/C14H22N2O2S/c1-11(10-17-3)15-14(19)16(2)9-12-6-5-7-13(8-12)18-4/h5-8,11H,9-10H2,1-4H3,(H,15,19). The monoisotopic (exact) mass is 282 g/mol. The van der Waals surface area contributed by atoms with Crippen molar-refractivity contribution in [2.24, 2.45) is 0 Å². The van der Waals surface area contributed by atoms with Crippen molar-refractivity contribution in [1.29, 1.82) is 0 Å². The third kappa shape index (κ3) is 5.44. The van der Waals surface area contributed by atoms with E-state index in [1.165, 1.54) is 0 Å². The van der Waals surface area contributed by atoms with Gasteiger partial charge in [0.05, 0.1) is 13.7 Å². The predicted molar refractivity (Wildman–Crippen MR) is 81.5 cm³/mol. The van der Waals surface area contributed by atoms with Crippen molar-refractivity contribution in [3.05, 3.63) is 29.8 Å². The lowest BCUT2D eigenvalue weighted by atomic mass is 10.2. The van der Waals surface area contributed by atoms with Gasteiger partial charge in [0, 0.05) is 26.7 Å². The van der Waals surface area contributed by atoms with E-state index in [1.807, 2.05) is 37.1 Å². The number of hydrogen-bond donors (Lipinski definition) is 1. The molecule has 0 saturated carbocycles. The third-order valence-electron chi connectivity index (χ3n) is 2.69.